The Hall–Kier alpha value is -0.630. The van der Waals surface area contributed by atoms with Crippen molar-refractivity contribution in [2.45, 2.75) is 85.2 Å². The van der Waals surface area contributed by atoms with Gasteiger partial charge in [0.2, 0.25) is 0 Å². The highest BCUT2D eigenvalue weighted by atomic mass is 16.5. The molecule has 4 rings (SSSR count). The summed E-state index contributed by atoms with van der Waals surface area (Å²) in [5, 5.41) is 0. The van der Waals surface area contributed by atoms with Gasteiger partial charge in [-0.3, -0.25) is 4.79 Å². The van der Waals surface area contributed by atoms with Gasteiger partial charge in [0, 0.05) is 18.4 Å². The van der Waals surface area contributed by atoms with Gasteiger partial charge in [-0.1, -0.05) is 25.5 Å². The van der Waals surface area contributed by atoms with Crippen molar-refractivity contribution < 1.29 is 9.53 Å². The number of rotatable bonds is 3. The van der Waals surface area contributed by atoms with Gasteiger partial charge in [-0.05, 0) is 87.9 Å². The average Bonchev–Trinajstić information content (AvgIpc) is 2.89. The second-order valence-corrected chi connectivity index (χ2v) is 9.84. The van der Waals surface area contributed by atoms with Gasteiger partial charge >= 0.3 is 0 Å². The molecule has 0 aromatic rings. The van der Waals surface area contributed by atoms with Crippen molar-refractivity contribution >= 4 is 5.78 Å². The Morgan fingerprint density at radius 3 is 2.64 bits per heavy atom. The van der Waals surface area contributed by atoms with Crippen LogP contribution in [-0.2, 0) is 9.53 Å². The lowest BCUT2D eigenvalue weighted by atomic mass is 9.47. The van der Waals surface area contributed by atoms with E-state index < -0.39 is 0 Å². The smallest absolute Gasteiger partial charge is 0.139 e. The van der Waals surface area contributed by atoms with Crippen molar-refractivity contribution in [2.75, 3.05) is 6.61 Å². The largest absolute Gasteiger partial charge is 0.378 e. The van der Waals surface area contributed by atoms with Crippen LogP contribution in [0.1, 0.15) is 79.1 Å². The lowest BCUT2D eigenvalue weighted by molar-refractivity contribution is -0.132. The summed E-state index contributed by atoms with van der Waals surface area (Å²) in [6, 6.07) is 0. The lowest BCUT2D eigenvalue weighted by Crippen LogP contribution is -2.50. The van der Waals surface area contributed by atoms with Crippen molar-refractivity contribution in [1.29, 1.82) is 0 Å². The van der Waals surface area contributed by atoms with E-state index in [0.717, 1.165) is 37.7 Å². The molecule has 0 amide bonds. The third kappa shape index (κ3) is 2.58. The summed E-state index contributed by atoms with van der Waals surface area (Å²) in [4.78, 5) is 12.5. The molecule has 0 aromatic carbocycles. The maximum absolute atomic E-state index is 12.5. The zero-order valence-corrected chi connectivity index (χ0v) is 16.6. The molecule has 3 fully saturated rings. The summed E-state index contributed by atoms with van der Waals surface area (Å²) in [6.07, 6.45) is 12.5. The maximum atomic E-state index is 12.5. The normalized spacial score (nSPS) is 47.5. The third-order valence-electron chi connectivity index (χ3n) is 8.94. The summed E-state index contributed by atoms with van der Waals surface area (Å²) in [5.74, 6) is 3.45. The van der Waals surface area contributed by atoms with Crippen LogP contribution < -0.4 is 0 Å². The van der Waals surface area contributed by atoms with Gasteiger partial charge in [-0.2, -0.15) is 0 Å². The fraction of sp³-hybridized carbons (Fsp3) is 0.870. The molecule has 0 radical (unpaired) electrons. The summed E-state index contributed by atoms with van der Waals surface area (Å²) in [7, 11) is 0. The average molecular weight is 345 g/mol. The molecule has 0 spiro atoms. The standard InChI is InChI=1S/C23H36O2/c1-5-25-15(2)16-10-12-22(3)17(14-16)6-7-18-19-8-9-21(24)23(19,4)13-11-20(18)22/h6,15-16,18-20H,5,7-14H2,1-4H3/t15?,16-,18-,19-,20-,22-,23-/m0/s1. The minimum absolute atomic E-state index is 0.00352. The van der Waals surface area contributed by atoms with Crippen LogP contribution in [0.2, 0.25) is 0 Å². The first-order chi connectivity index (χ1) is 11.9. The fourth-order valence-corrected chi connectivity index (χ4v) is 7.26. The summed E-state index contributed by atoms with van der Waals surface area (Å²) in [5.41, 5.74) is 2.12. The topological polar surface area (TPSA) is 26.3 Å². The number of ether oxygens (including phenoxy) is 1. The first-order valence-electron chi connectivity index (χ1n) is 10.7. The molecule has 4 aliphatic rings. The Morgan fingerprint density at radius 1 is 1.16 bits per heavy atom. The Labute approximate surface area is 153 Å². The lowest BCUT2D eigenvalue weighted by Gasteiger charge is -2.57. The minimum Gasteiger partial charge on any atom is -0.378 e. The van der Waals surface area contributed by atoms with Crippen molar-refractivity contribution in [3.8, 4) is 0 Å². The number of hydrogen-bond donors (Lipinski definition) is 0. The first kappa shape index (κ1) is 17.8. The Balaban J connectivity index is 1.57. The molecule has 0 bridgehead atoms. The van der Waals surface area contributed by atoms with Crippen LogP contribution in [-0.4, -0.2) is 18.5 Å². The number of allylic oxidation sites excluding steroid dienone is 2. The van der Waals surface area contributed by atoms with Gasteiger partial charge in [0.1, 0.15) is 5.78 Å². The van der Waals surface area contributed by atoms with Crippen LogP contribution in [0.5, 0.6) is 0 Å². The quantitative estimate of drug-likeness (QED) is 0.627. The number of carbonyl (C=O) groups is 1. The molecule has 3 saturated carbocycles. The summed E-state index contributed by atoms with van der Waals surface area (Å²) < 4.78 is 5.92. The molecule has 7 atom stereocenters. The number of fused-ring (bicyclic) bond motifs is 5. The van der Waals surface area contributed by atoms with E-state index in [1.54, 1.807) is 5.57 Å². The second-order valence-electron chi connectivity index (χ2n) is 9.84. The first-order valence-corrected chi connectivity index (χ1v) is 10.7. The van der Waals surface area contributed by atoms with Crippen LogP contribution in [0.4, 0.5) is 0 Å². The number of hydrogen-bond acceptors (Lipinski definition) is 2. The summed E-state index contributed by atoms with van der Waals surface area (Å²) >= 11 is 0. The van der Waals surface area contributed by atoms with Crippen molar-refractivity contribution in [2.24, 2.45) is 34.5 Å². The fourth-order valence-electron chi connectivity index (χ4n) is 7.26. The van der Waals surface area contributed by atoms with Crippen molar-refractivity contribution in [1.82, 2.24) is 0 Å². The Bertz CT molecular complexity index is 579. The molecule has 0 aliphatic heterocycles. The van der Waals surface area contributed by atoms with Crippen LogP contribution in [0.15, 0.2) is 11.6 Å². The van der Waals surface area contributed by atoms with Gasteiger partial charge in [0.05, 0.1) is 6.10 Å². The Kier molecular flexibility index (Phi) is 4.42. The van der Waals surface area contributed by atoms with E-state index in [1.807, 2.05) is 0 Å². The van der Waals surface area contributed by atoms with Gasteiger partial charge in [-0.25, -0.2) is 0 Å². The molecule has 1 unspecified atom stereocenters. The highest BCUT2D eigenvalue weighted by molar-refractivity contribution is 5.87. The molecule has 25 heavy (non-hydrogen) atoms. The monoisotopic (exact) mass is 344 g/mol. The van der Waals surface area contributed by atoms with Gasteiger partial charge < -0.3 is 4.74 Å². The van der Waals surface area contributed by atoms with E-state index in [4.69, 9.17) is 4.74 Å². The predicted octanol–water partition coefficient (Wildman–Crippen LogP) is 5.56. The van der Waals surface area contributed by atoms with Crippen molar-refractivity contribution in [3.05, 3.63) is 11.6 Å². The maximum Gasteiger partial charge on any atom is 0.139 e. The van der Waals surface area contributed by atoms with E-state index in [0.29, 0.717) is 29.1 Å². The van der Waals surface area contributed by atoms with E-state index in [9.17, 15) is 4.79 Å². The van der Waals surface area contributed by atoms with Crippen LogP contribution in [0.3, 0.4) is 0 Å². The molecule has 2 heteroatoms. The molecule has 0 heterocycles. The number of Topliss-reactive ketones (excluding diaryl/α,β-unsaturated/α-hetero) is 1. The molecular weight excluding hydrogens is 308 g/mol. The van der Waals surface area contributed by atoms with E-state index in [1.165, 1.54) is 32.1 Å². The van der Waals surface area contributed by atoms with Gasteiger partial charge in [0.15, 0.2) is 0 Å². The van der Waals surface area contributed by atoms with E-state index >= 15 is 0 Å². The van der Waals surface area contributed by atoms with Crippen LogP contribution in [0.25, 0.3) is 0 Å². The van der Waals surface area contributed by atoms with Gasteiger partial charge in [-0.15, -0.1) is 0 Å². The van der Waals surface area contributed by atoms with E-state index in [2.05, 4.69) is 33.8 Å². The van der Waals surface area contributed by atoms with E-state index in [-0.39, 0.29) is 5.41 Å². The van der Waals surface area contributed by atoms with Gasteiger partial charge in [0.25, 0.3) is 0 Å². The molecule has 2 nitrogen and oxygen atoms in total. The van der Waals surface area contributed by atoms with Crippen LogP contribution >= 0.6 is 0 Å². The summed E-state index contributed by atoms with van der Waals surface area (Å²) in [6.45, 7) is 10.0. The van der Waals surface area contributed by atoms with Crippen LogP contribution in [0, 0.1) is 34.5 Å². The third-order valence-corrected chi connectivity index (χ3v) is 8.94. The predicted molar refractivity (Wildman–Crippen MR) is 101 cm³/mol. The second kappa shape index (κ2) is 6.22. The molecule has 0 aromatic heterocycles. The SMILES string of the molecule is CCOC(C)[C@H]1CC[C@@]2(C)C(=CC[C@@H]3[C@@H]2CC[C@]2(C)C(=O)CC[C@@H]32)C1. The molecular formula is C23H36O2. The zero-order chi connectivity index (χ0) is 17.8. The molecule has 140 valence electrons. The zero-order valence-electron chi connectivity index (χ0n) is 16.6. The minimum atomic E-state index is 0.00352. The highest BCUT2D eigenvalue weighted by Gasteiger charge is 2.58. The molecule has 0 N–H and O–H groups in total. The molecule has 4 aliphatic carbocycles. The number of ketones is 1. The Morgan fingerprint density at radius 2 is 1.88 bits per heavy atom. The van der Waals surface area contributed by atoms with Crippen molar-refractivity contribution in [3.63, 3.8) is 0 Å². The number of carbonyl (C=O) groups excluding carboxylic acids is 1. The highest BCUT2D eigenvalue weighted by Crippen LogP contribution is 2.64. The molecule has 0 saturated heterocycles.